The van der Waals surface area contributed by atoms with E-state index < -0.39 is 5.60 Å². The number of hydrogen-bond acceptors (Lipinski definition) is 6. The normalized spacial score (nSPS) is 15.5. The number of carbonyl (C=O) groups excluding carboxylic acids is 3. The number of carbonyl (C=O) groups is 3. The third kappa shape index (κ3) is 6.01. The van der Waals surface area contributed by atoms with Crippen LogP contribution in [0.4, 0.5) is 0 Å². The van der Waals surface area contributed by atoms with E-state index in [-0.39, 0.29) is 55.0 Å². The second kappa shape index (κ2) is 10.0. The smallest absolute Gasteiger partial charge is 0.253 e. The average molecular weight is 439 g/mol. The fourth-order valence-corrected chi connectivity index (χ4v) is 3.88. The zero-order chi connectivity index (χ0) is 23.3. The van der Waals surface area contributed by atoms with E-state index >= 15 is 0 Å². The molecule has 2 heterocycles. The predicted molar refractivity (Wildman–Crippen MR) is 120 cm³/mol. The van der Waals surface area contributed by atoms with Gasteiger partial charge in [0.1, 0.15) is 17.2 Å². The Morgan fingerprint density at radius 1 is 1.16 bits per heavy atom. The fourth-order valence-electron chi connectivity index (χ4n) is 3.88. The van der Waals surface area contributed by atoms with E-state index in [4.69, 9.17) is 4.74 Å². The number of Topliss-reactive ketones (excluding diaryl/α,β-unsaturated/α-hetero) is 2. The molecule has 2 aromatic rings. The van der Waals surface area contributed by atoms with Crippen molar-refractivity contribution in [2.45, 2.75) is 58.2 Å². The van der Waals surface area contributed by atoms with Crippen molar-refractivity contribution in [1.82, 2.24) is 9.88 Å². The Kier molecular flexibility index (Phi) is 7.40. The molecule has 32 heavy (non-hydrogen) atoms. The summed E-state index contributed by atoms with van der Waals surface area (Å²) in [7, 11) is 0. The number of piperidine rings is 1. The third-order valence-electron chi connectivity index (χ3n) is 5.60. The summed E-state index contributed by atoms with van der Waals surface area (Å²) in [6, 6.07) is 10.3. The van der Waals surface area contributed by atoms with Crippen molar-refractivity contribution in [3.05, 3.63) is 59.4 Å². The molecule has 3 rings (SSSR count). The van der Waals surface area contributed by atoms with E-state index in [1.54, 1.807) is 35.2 Å². The summed E-state index contributed by atoms with van der Waals surface area (Å²) in [5.41, 5.74) is 0.499. The minimum absolute atomic E-state index is 0.0528. The number of aliphatic hydroxyl groups is 1. The molecule has 1 aliphatic rings. The van der Waals surface area contributed by atoms with Crippen LogP contribution in [0.3, 0.4) is 0 Å². The second-order valence-corrected chi connectivity index (χ2v) is 8.69. The van der Waals surface area contributed by atoms with Crippen molar-refractivity contribution in [3.63, 3.8) is 0 Å². The first-order valence-electron chi connectivity index (χ1n) is 10.9. The maximum atomic E-state index is 12.9. The van der Waals surface area contributed by atoms with Crippen LogP contribution in [0.25, 0.3) is 0 Å². The van der Waals surface area contributed by atoms with E-state index in [0.717, 1.165) is 11.3 Å². The summed E-state index contributed by atoms with van der Waals surface area (Å²) in [6.45, 7) is 6.50. The number of ketones is 2. The Morgan fingerprint density at radius 2 is 1.88 bits per heavy atom. The highest BCUT2D eigenvalue weighted by atomic mass is 16.5. The van der Waals surface area contributed by atoms with Crippen LogP contribution in [0.2, 0.25) is 0 Å². The van der Waals surface area contributed by atoms with Gasteiger partial charge < -0.3 is 14.7 Å². The van der Waals surface area contributed by atoms with Gasteiger partial charge in [0.15, 0.2) is 5.78 Å². The van der Waals surface area contributed by atoms with Crippen molar-refractivity contribution in [1.29, 1.82) is 0 Å². The van der Waals surface area contributed by atoms with E-state index in [1.165, 1.54) is 6.20 Å². The molecule has 0 radical (unpaired) electrons. The molecule has 170 valence electrons. The van der Waals surface area contributed by atoms with Gasteiger partial charge in [0.25, 0.3) is 5.91 Å². The monoisotopic (exact) mass is 438 g/mol. The molecule has 7 heteroatoms. The first kappa shape index (κ1) is 23.6. The standard InChI is InChI=1S/C25H30N2O5/c1-17(2)32-23-8-7-19(14-18(23)3)24(30)27-12-9-25(31,10-13-27)16-20(28)15-22(29)21-6-4-5-11-26-21/h4-8,11,14,17,31H,9-10,12-13,15-16H2,1-3H3. The lowest BCUT2D eigenvalue weighted by Crippen LogP contribution is -2.47. The molecule has 0 atom stereocenters. The summed E-state index contributed by atoms with van der Waals surface area (Å²) in [4.78, 5) is 43.1. The van der Waals surface area contributed by atoms with Crippen molar-refractivity contribution >= 4 is 17.5 Å². The molecule has 1 aliphatic heterocycles. The van der Waals surface area contributed by atoms with Gasteiger partial charge in [-0.1, -0.05) is 6.07 Å². The Bertz CT molecular complexity index is 979. The molecule has 1 aromatic heterocycles. The van der Waals surface area contributed by atoms with E-state index in [9.17, 15) is 19.5 Å². The van der Waals surface area contributed by atoms with Crippen LogP contribution in [0.1, 0.15) is 65.9 Å². The van der Waals surface area contributed by atoms with Gasteiger partial charge in [0.2, 0.25) is 0 Å². The largest absolute Gasteiger partial charge is 0.491 e. The topological polar surface area (TPSA) is 96.8 Å². The van der Waals surface area contributed by atoms with Gasteiger partial charge in [0.05, 0.1) is 18.1 Å². The number of aromatic nitrogens is 1. The SMILES string of the molecule is Cc1cc(C(=O)N2CCC(O)(CC(=O)CC(=O)c3ccccn3)CC2)ccc1OC(C)C. The molecule has 0 aliphatic carbocycles. The summed E-state index contributed by atoms with van der Waals surface area (Å²) in [5.74, 6) is -0.0300. The van der Waals surface area contributed by atoms with Crippen molar-refractivity contribution in [2.75, 3.05) is 13.1 Å². The number of rotatable bonds is 8. The molecule has 0 unspecified atom stereocenters. The van der Waals surface area contributed by atoms with Crippen molar-refractivity contribution < 1.29 is 24.2 Å². The Morgan fingerprint density at radius 3 is 2.47 bits per heavy atom. The summed E-state index contributed by atoms with van der Waals surface area (Å²) in [6.07, 6.45) is 1.74. The van der Waals surface area contributed by atoms with Gasteiger partial charge in [-0.25, -0.2) is 0 Å². The maximum Gasteiger partial charge on any atom is 0.253 e. The average Bonchev–Trinajstić information content (AvgIpc) is 2.75. The minimum Gasteiger partial charge on any atom is -0.491 e. The molecular weight excluding hydrogens is 408 g/mol. The lowest BCUT2D eigenvalue weighted by atomic mass is 9.85. The number of likely N-dealkylation sites (tertiary alicyclic amines) is 1. The Labute approximate surface area is 188 Å². The highest BCUT2D eigenvalue weighted by molar-refractivity contribution is 6.07. The highest BCUT2D eigenvalue weighted by Gasteiger charge is 2.36. The Hall–Kier alpha value is -3.06. The van der Waals surface area contributed by atoms with E-state index in [0.29, 0.717) is 18.7 Å². The molecule has 1 N–H and O–H groups in total. The fraction of sp³-hybridized carbons (Fsp3) is 0.440. The molecule has 1 amide bonds. The first-order valence-corrected chi connectivity index (χ1v) is 10.9. The van der Waals surface area contributed by atoms with Crippen LogP contribution in [0, 0.1) is 6.92 Å². The zero-order valence-electron chi connectivity index (χ0n) is 18.8. The molecule has 0 spiro atoms. The number of pyridine rings is 1. The molecule has 0 saturated carbocycles. The number of nitrogens with zero attached hydrogens (tertiary/aromatic N) is 2. The lowest BCUT2D eigenvalue weighted by molar-refractivity contribution is -0.124. The van der Waals surface area contributed by atoms with Crippen LogP contribution in [-0.4, -0.2) is 57.3 Å². The van der Waals surface area contributed by atoms with Crippen LogP contribution in [-0.2, 0) is 4.79 Å². The maximum absolute atomic E-state index is 12.9. The van der Waals surface area contributed by atoms with Crippen molar-refractivity contribution in [2.24, 2.45) is 0 Å². The number of amides is 1. The minimum atomic E-state index is -1.21. The predicted octanol–water partition coefficient (Wildman–Crippen LogP) is 3.38. The highest BCUT2D eigenvalue weighted by Crippen LogP contribution is 2.28. The van der Waals surface area contributed by atoms with Gasteiger partial charge >= 0.3 is 0 Å². The van der Waals surface area contributed by atoms with Crippen LogP contribution in [0.5, 0.6) is 5.75 Å². The van der Waals surface area contributed by atoms with E-state index in [1.807, 2.05) is 26.8 Å². The summed E-state index contributed by atoms with van der Waals surface area (Å²) >= 11 is 0. The third-order valence-corrected chi connectivity index (χ3v) is 5.60. The zero-order valence-corrected chi connectivity index (χ0v) is 18.8. The van der Waals surface area contributed by atoms with Crippen LogP contribution in [0.15, 0.2) is 42.6 Å². The summed E-state index contributed by atoms with van der Waals surface area (Å²) in [5, 5.41) is 10.9. The molecule has 7 nitrogen and oxygen atoms in total. The second-order valence-electron chi connectivity index (χ2n) is 8.69. The Balaban J connectivity index is 1.54. The van der Waals surface area contributed by atoms with Gasteiger partial charge in [-0.05, 0) is 69.5 Å². The molecular formula is C25H30N2O5. The molecule has 1 fully saturated rings. The van der Waals surface area contributed by atoms with Gasteiger partial charge in [-0.3, -0.25) is 19.4 Å². The van der Waals surface area contributed by atoms with Crippen LogP contribution < -0.4 is 4.74 Å². The summed E-state index contributed by atoms with van der Waals surface area (Å²) < 4.78 is 5.73. The lowest BCUT2D eigenvalue weighted by Gasteiger charge is -2.38. The number of ether oxygens (including phenoxy) is 1. The molecule has 1 aromatic carbocycles. The number of benzene rings is 1. The van der Waals surface area contributed by atoms with Gasteiger partial charge in [0, 0.05) is 31.3 Å². The van der Waals surface area contributed by atoms with Gasteiger partial charge in [-0.2, -0.15) is 0 Å². The van der Waals surface area contributed by atoms with Crippen molar-refractivity contribution in [3.8, 4) is 5.75 Å². The first-order chi connectivity index (χ1) is 15.2. The quantitative estimate of drug-likeness (QED) is 0.501. The number of aryl methyl sites for hydroxylation is 1. The molecule has 0 bridgehead atoms. The molecule has 1 saturated heterocycles. The number of hydrogen-bond donors (Lipinski definition) is 1. The van der Waals surface area contributed by atoms with Crippen LogP contribution >= 0.6 is 0 Å². The van der Waals surface area contributed by atoms with Gasteiger partial charge in [-0.15, -0.1) is 0 Å². The van der Waals surface area contributed by atoms with E-state index in [2.05, 4.69) is 4.98 Å².